The highest BCUT2D eigenvalue weighted by molar-refractivity contribution is 5.69. The predicted molar refractivity (Wildman–Crippen MR) is 91.6 cm³/mol. The van der Waals surface area contributed by atoms with Crippen molar-refractivity contribution in [3.05, 3.63) is 96.1 Å². The molecule has 0 heterocycles. The molecule has 0 saturated carbocycles. The Kier molecular flexibility index (Phi) is 5.82. The number of hydrogen-bond donors (Lipinski definition) is 2. The Bertz CT molecular complexity index is 642. The standard InChI is InChI=1S/C14H12.C6H6O2/c1-3-7-13(8-4-1)11-12-14-9-5-2-6-10-14;7-5-3-1-2-4-6(5)8/h1-12H;1-4,7-8H/b12-11+;. The monoisotopic (exact) mass is 290 g/mol. The van der Waals surface area contributed by atoms with Crippen molar-refractivity contribution in [2.24, 2.45) is 0 Å². The maximum atomic E-state index is 8.67. The van der Waals surface area contributed by atoms with Gasteiger partial charge in [-0.1, -0.05) is 84.9 Å². The van der Waals surface area contributed by atoms with E-state index >= 15 is 0 Å². The van der Waals surface area contributed by atoms with E-state index in [9.17, 15) is 0 Å². The fraction of sp³-hybridized carbons (Fsp3) is 0. The Morgan fingerprint density at radius 2 is 0.773 bits per heavy atom. The van der Waals surface area contributed by atoms with Gasteiger partial charge in [0.2, 0.25) is 0 Å². The van der Waals surface area contributed by atoms with E-state index in [1.807, 2.05) is 36.4 Å². The first-order chi connectivity index (χ1) is 10.8. The smallest absolute Gasteiger partial charge is 0.157 e. The van der Waals surface area contributed by atoms with Gasteiger partial charge in [-0.3, -0.25) is 0 Å². The van der Waals surface area contributed by atoms with E-state index < -0.39 is 0 Å². The first kappa shape index (κ1) is 15.4. The quantitative estimate of drug-likeness (QED) is 0.517. The number of para-hydroxylation sites is 2. The molecule has 0 aromatic heterocycles. The fourth-order valence-corrected chi connectivity index (χ4v) is 1.78. The van der Waals surface area contributed by atoms with Crippen LogP contribution in [0.3, 0.4) is 0 Å². The Labute approximate surface area is 130 Å². The molecule has 0 radical (unpaired) electrons. The van der Waals surface area contributed by atoms with E-state index in [-0.39, 0.29) is 11.5 Å². The molecule has 0 aliphatic rings. The maximum Gasteiger partial charge on any atom is 0.157 e. The van der Waals surface area contributed by atoms with E-state index in [0.717, 1.165) is 0 Å². The zero-order valence-electron chi connectivity index (χ0n) is 12.1. The highest BCUT2D eigenvalue weighted by Crippen LogP contribution is 2.21. The van der Waals surface area contributed by atoms with Gasteiger partial charge in [0.05, 0.1) is 0 Å². The lowest BCUT2D eigenvalue weighted by Gasteiger charge is -1.92. The third-order valence-electron chi connectivity index (χ3n) is 2.95. The summed E-state index contributed by atoms with van der Waals surface area (Å²) >= 11 is 0. The Morgan fingerprint density at radius 3 is 1.09 bits per heavy atom. The van der Waals surface area contributed by atoms with Crippen LogP contribution in [0.2, 0.25) is 0 Å². The van der Waals surface area contributed by atoms with Crippen molar-refractivity contribution in [3.63, 3.8) is 0 Å². The molecule has 2 nitrogen and oxygen atoms in total. The first-order valence-electron chi connectivity index (χ1n) is 7.01. The molecule has 0 saturated heterocycles. The van der Waals surface area contributed by atoms with Crippen molar-refractivity contribution < 1.29 is 10.2 Å². The number of rotatable bonds is 2. The Balaban J connectivity index is 0.000000188. The summed E-state index contributed by atoms with van der Waals surface area (Å²) in [6.07, 6.45) is 4.24. The Hall–Kier alpha value is -3.00. The van der Waals surface area contributed by atoms with Crippen molar-refractivity contribution >= 4 is 12.2 Å². The van der Waals surface area contributed by atoms with E-state index in [0.29, 0.717) is 0 Å². The topological polar surface area (TPSA) is 40.5 Å². The molecule has 0 aliphatic carbocycles. The summed E-state index contributed by atoms with van der Waals surface area (Å²) in [5.41, 5.74) is 2.47. The fourth-order valence-electron chi connectivity index (χ4n) is 1.78. The van der Waals surface area contributed by atoms with E-state index in [1.54, 1.807) is 12.1 Å². The molecule has 2 N–H and O–H groups in total. The molecule has 3 rings (SSSR count). The van der Waals surface area contributed by atoms with Crippen LogP contribution in [0.4, 0.5) is 0 Å². The molecule has 0 fully saturated rings. The van der Waals surface area contributed by atoms with Crippen LogP contribution in [0, 0.1) is 0 Å². The molecule has 0 amide bonds. The third kappa shape index (κ3) is 5.17. The lowest BCUT2D eigenvalue weighted by atomic mass is 10.1. The molecule has 2 heteroatoms. The molecule has 0 atom stereocenters. The van der Waals surface area contributed by atoms with Gasteiger partial charge >= 0.3 is 0 Å². The maximum absolute atomic E-state index is 8.67. The van der Waals surface area contributed by atoms with Crippen LogP contribution in [0.15, 0.2) is 84.9 Å². The highest BCUT2D eigenvalue weighted by atomic mass is 16.3. The molecule has 0 aliphatic heterocycles. The Morgan fingerprint density at radius 1 is 0.455 bits per heavy atom. The van der Waals surface area contributed by atoms with Crippen LogP contribution in [0.25, 0.3) is 12.2 Å². The van der Waals surface area contributed by atoms with E-state index in [4.69, 9.17) is 10.2 Å². The third-order valence-corrected chi connectivity index (χ3v) is 2.95. The average molecular weight is 290 g/mol. The van der Waals surface area contributed by atoms with Crippen molar-refractivity contribution in [2.75, 3.05) is 0 Å². The SMILES string of the molecule is C(=C\c1ccccc1)/c1ccccc1.Oc1ccccc1O. The largest absolute Gasteiger partial charge is 0.504 e. The van der Waals surface area contributed by atoms with Crippen LogP contribution < -0.4 is 0 Å². The highest BCUT2D eigenvalue weighted by Gasteiger charge is 1.90. The number of hydrogen-bond acceptors (Lipinski definition) is 2. The van der Waals surface area contributed by atoms with Gasteiger partial charge in [0.1, 0.15) is 0 Å². The number of aromatic hydroxyl groups is 2. The van der Waals surface area contributed by atoms with Crippen molar-refractivity contribution in [3.8, 4) is 11.5 Å². The summed E-state index contributed by atoms with van der Waals surface area (Å²) in [5, 5.41) is 17.3. The van der Waals surface area contributed by atoms with E-state index in [1.165, 1.54) is 23.3 Å². The summed E-state index contributed by atoms with van der Waals surface area (Å²) in [6.45, 7) is 0. The molecular formula is C20H18O2. The zero-order valence-corrected chi connectivity index (χ0v) is 12.1. The molecule has 0 spiro atoms. The average Bonchev–Trinajstić information content (AvgIpc) is 2.58. The molecule has 3 aromatic carbocycles. The number of benzene rings is 3. The van der Waals surface area contributed by atoms with Gasteiger partial charge in [0.25, 0.3) is 0 Å². The summed E-state index contributed by atoms with van der Waals surface area (Å²) in [4.78, 5) is 0. The van der Waals surface area contributed by atoms with Crippen LogP contribution in [0.1, 0.15) is 11.1 Å². The zero-order chi connectivity index (χ0) is 15.6. The molecular weight excluding hydrogens is 272 g/mol. The summed E-state index contributed by atoms with van der Waals surface area (Å²) in [5.74, 6) is -0.153. The molecule has 3 aromatic rings. The first-order valence-corrected chi connectivity index (χ1v) is 7.01. The van der Waals surface area contributed by atoms with Crippen LogP contribution in [-0.2, 0) is 0 Å². The minimum absolute atomic E-state index is 0.0764. The summed E-state index contributed by atoms with van der Waals surface area (Å²) in [7, 11) is 0. The van der Waals surface area contributed by atoms with Gasteiger partial charge in [-0.25, -0.2) is 0 Å². The number of phenolic OH excluding ortho intramolecular Hbond substituents is 2. The lowest BCUT2D eigenvalue weighted by molar-refractivity contribution is 0.404. The normalized spacial score (nSPS) is 10.0. The van der Waals surface area contributed by atoms with Crippen molar-refractivity contribution in [2.45, 2.75) is 0 Å². The van der Waals surface area contributed by atoms with Gasteiger partial charge < -0.3 is 10.2 Å². The molecule has 110 valence electrons. The number of phenols is 2. The van der Waals surface area contributed by atoms with Crippen LogP contribution in [-0.4, -0.2) is 10.2 Å². The second-order valence-electron chi connectivity index (χ2n) is 4.64. The molecule has 0 bridgehead atoms. The minimum Gasteiger partial charge on any atom is -0.504 e. The van der Waals surface area contributed by atoms with Crippen molar-refractivity contribution in [1.82, 2.24) is 0 Å². The molecule has 22 heavy (non-hydrogen) atoms. The lowest BCUT2D eigenvalue weighted by Crippen LogP contribution is -1.70. The van der Waals surface area contributed by atoms with Gasteiger partial charge in [-0.2, -0.15) is 0 Å². The van der Waals surface area contributed by atoms with Gasteiger partial charge in [-0.15, -0.1) is 0 Å². The van der Waals surface area contributed by atoms with E-state index in [2.05, 4.69) is 36.4 Å². The van der Waals surface area contributed by atoms with Gasteiger partial charge in [0, 0.05) is 0 Å². The second kappa shape index (κ2) is 8.32. The second-order valence-corrected chi connectivity index (χ2v) is 4.64. The van der Waals surface area contributed by atoms with Gasteiger partial charge in [-0.05, 0) is 23.3 Å². The van der Waals surface area contributed by atoms with Crippen molar-refractivity contribution in [1.29, 1.82) is 0 Å². The summed E-state index contributed by atoms with van der Waals surface area (Å²) in [6, 6.07) is 26.8. The van der Waals surface area contributed by atoms with Crippen LogP contribution in [0.5, 0.6) is 11.5 Å². The minimum atomic E-state index is -0.0764. The summed E-state index contributed by atoms with van der Waals surface area (Å²) < 4.78 is 0. The predicted octanol–water partition coefficient (Wildman–Crippen LogP) is 4.95. The molecule has 0 unspecified atom stereocenters. The van der Waals surface area contributed by atoms with Gasteiger partial charge in [0.15, 0.2) is 11.5 Å². The van der Waals surface area contributed by atoms with Crippen LogP contribution >= 0.6 is 0 Å².